The predicted octanol–water partition coefficient (Wildman–Crippen LogP) is 4.38. The van der Waals surface area contributed by atoms with Crippen LogP contribution in [0.5, 0.6) is 0 Å². The van der Waals surface area contributed by atoms with Crippen LogP contribution >= 0.6 is 0 Å². The smallest absolute Gasteiger partial charge is 0.270 e. The van der Waals surface area contributed by atoms with Gasteiger partial charge in [-0.2, -0.15) is 5.26 Å². The molecule has 0 radical (unpaired) electrons. The van der Waals surface area contributed by atoms with Crippen LogP contribution < -0.4 is 16.0 Å². The average molecular weight is 489 g/mol. The van der Waals surface area contributed by atoms with Gasteiger partial charge in [0.25, 0.3) is 5.91 Å². The van der Waals surface area contributed by atoms with Crippen molar-refractivity contribution in [3.05, 3.63) is 83.0 Å². The Hall–Kier alpha value is -4.06. The summed E-state index contributed by atoms with van der Waals surface area (Å²) in [6.07, 6.45) is 9.70. The third-order valence-corrected chi connectivity index (χ3v) is 6.86. The van der Waals surface area contributed by atoms with Crippen molar-refractivity contribution in [3.8, 4) is 6.07 Å². The molecule has 2 aromatic rings. The van der Waals surface area contributed by atoms with Crippen LogP contribution in [0.2, 0.25) is 0 Å². The second-order valence-corrected chi connectivity index (χ2v) is 9.43. The number of fused-ring (bicyclic) bond motifs is 1. The number of carbonyl (C=O) groups excluding carboxylic acids is 1. The molecule has 184 valence electrons. The second kappa shape index (κ2) is 9.90. The van der Waals surface area contributed by atoms with Crippen LogP contribution in [0.25, 0.3) is 5.57 Å². The standard InChI is InChI=1S/C27H26F2N6O/c1-15-9-19-20(14-32-25(19)21(28)10-15)24-16(13-30)11-22(29)26(35-24)33-17-5-4-6-18(12-17)34-27(36)23-7-2-3-8-31-23/h2-3,7-11,14,17-19,25,32H,4-6,12H2,1H3,(H,33,35)(H,34,36)/t17?,18-,19?,25?/m1/s1. The van der Waals surface area contributed by atoms with Crippen molar-refractivity contribution in [1.29, 1.82) is 5.26 Å². The number of amides is 1. The van der Waals surface area contributed by atoms with Crippen molar-refractivity contribution >= 4 is 17.3 Å². The van der Waals surface area contributed by atoms with Gasteiger partial charge in [-0.15, -0.1) is 0 Å². The van der Waals surface area contributed by atoms with Gasteiger partial charge in [0.05, 0.1) is 17.3 Å². The summed E-state index contributed by atoms with van der Waals surface area (Å²) in [5, 5.41) is 18.9. The summed E-state index contributed by atoms with van der Waals surface area (Å²) >= 11 is 0. The first-order valence-electron chi connectivity index (χ1n) is 12.0. The highest BCUT2D eigenvalue weighted by atomic mass is 19.1. The fraction of sp³-hybridized carbons (Fsp3) is 0.333. The Labute approximate surface area is 208 Å². The molecular formula is C27H26F2N6O. The van der Waals surface area contributed by atoms with Gasteiger partial charge in [0.1, 0.15) is 17.6 Å². The number of hydrogen-bond acceptors (Lipinski definition) is 6. The minimum atomic E-state index is -0.625. The predicted molar refractivity (Wildman–Crippen MR) is 132 cm³/mol. The molecule has 1 amide bonds. The van der Waals surface area contributed by atoms with Crippen molar-refractivity contribution in [2.45, 2.75) is 50.7 Å². The van der Waals surface area contributed by atoms with E-state index in [0.29, 0.717) is 23.4 Å². The molecule has 3 heterocycles. The highest BCUT2D eigenvalue weighted by Crippen LogP contribution is 2.39. The highest BCUT2D eigenvalue weighted by molar-refractivity contribution is 5.92. The van der Waals surface area contributed by atoms with E-state index in [1.54, 1.807) is 30.6 Å². The van der Waals surface area contributed by atoms with E-state index in [1.165, 1.54) is 12.1 Å². The maximum Gasteiger partial charge on any atom is 0.270 e. The van der Waals surface area contributed by atoms with E-state index in [4.69, 9.17) is 0 Å². The first kappa shape index (κ1) is 23.7. The number of nitriles is 1. The van der Waals surface area contributed by atoms with E-state index in [9.17, 15) is 18.8 Å². The molecule has 2 aliphatic carbocycles. The third-order valence-electron chi connectivity index (χ3n) is 6.86. The van der Waals surface area contributed by atoms with E-state index in [1.807, 2.05) is 19.1 Å². The summed E-state index contributed by atoms with van der Waals surface area (Å²) in [4.78, 5) is 21.1. The lowest BCUT2D eigenvalue weighted by molar-refractivity contribution is 0.0921. The minimum Gasteiger partial charge on any atom is -0.381 e. The molecule has 3 unspecified atom stereocenters. The molecule has 36 heavy (non-hydrogen) atoms. The number of nitrogens with one attached hydrogen (secondary N) is 3. The van der Waals surface area contributed by atoms with Gasteiger partial charge < -0.3 is 16.0 Å². The van der Waals surface area contributed by atoms with Crippen LogP contribution in [0.1, 0.15) is 54.4 Å². The van der Waals surface area contributed by atoms with Crippen molar-refractivity contribution < 1.29 is 13.6 Å². The molecular weight excluding hydrogens is 462 g/mol. The Morgan fingerprint density at radius 2 is 2.08 bits per heavy atom. The fourth-order valence-corrected chi connectivity index (χ4v) is 5.16. The number of carbonyl (C=O) groups is 1. The molecule has 9 heteroatoms. The highest BCUT2D eigenvalue weighted by Gasteiger charge is 2.36. The van der Waals surface area contributed by atoms with Crippen molar-refractivity contribution in [1.82, 2.24) is 20.6 Å². The number of pyridine rings is 2. The van der Waals surface area contributed by atoms with E-state index >= 15 is 0 Å². The molecule has 0 spiro atoms. The SMILES string of the molecule is CC1=CC2C(c3nc(NC4CCC[C@@H](NC(=O)c5ccccn5)C4)c(F)cc3C#N)=CNC2C(F)=C1. The normalized spacial score (nSPS) is 24.9. The van der Waals surface area contributed by atoms with Crippen LogP contribution in [0.4, 0.5) is 14.6 Å². The Balaban J connectivity index is 1.34. The number of rotatable bonds is 5. The molecule has 4 atom stereocenters. The first-order valence-corrected chi connectivity index (χ1v) is 12.0. The molecule has 0 saturated heterocycles. The van der Waals surface area contributed by atoms with Gasteiger partial charge in [-0.05, 0) is 56.9 Å². The Kier molecular flexibility index (Phi) is 6.51. The molecule has 3 aliphatic rings. The summed E-state index contributed by atoms with van der Waals surface area (Å²) in [6.45, 7) is 1.81. The van der Waals surface area contributed by atoms with Gasteiger partial charge in [-0.1, -0.05) is 17.7 Å². The topological polar surface area (TPSA) is 103 Å². The van der Waals surface area contributed by atoms with Crippen LogP contribution in [-0.4, -0.2) is 34.0 Å². The lowest BCUT2D eigenvalue weighted by Gasteiger charge is -2.31. The molecule has 1 fully saturated rings. The molecule has 2 aromatic heterocycles. The monoisotopic (exact) mass is 488 g/mol. The Bertz CT molecular complexity index is 1310. The second-order valence-electron chi connectivity index (χ2n) is 9.43. The molecule has 5 rings (SSSR count). The Morgan fingerprint density at radius 3 is 2.86 bits per heavy atom. The lowest BCUT2D eigenvalue weighted by atomic mass is 9.85. The molecule has 1 aliphatic heterocycles. The van der Waals surface area contributed by atoms with Crippen LogP contribution in [0.3, 0.4) is 0 Å². The number of allylic oxidation sites excluding steroid dienone is 2. The maximum atomic E-state index is 15.0. The number of nitrogens with zero attached hydrogens (tertiary/aromatic N) is 3. The zero-order valence-corrected chi connectivity index (χ0v) is 19.8. The van der Waals surface area contributed by atoms with Crippen molar-refractivity contribution in [2.24, 2.45) is 5.92 Å². The summed E-state index contributed by atoms with van der Waals surface area (Å²) in [5.41, 5.74) is 2.20. The van der Waals surface area contributed by atoms with Gasteiger partial charge >= 0.3 is 0 Å². The summed E-state index contributed by atoms with van der Waals surface area (Å²) in [5.74, 6) is -1.44. The van der Waals surface area contributed by atoms with E-state index in [0.717, 1.165) is 24.8 Å². The summed E-state index contributed by atoms with van der Waals surface area (Å²) in [7, 11) is 0. The molecule has 3 N–H and O–H groups in total. The zero-order chi connectivity index (χ0) is 25.2. The minimum absolute atomic E-state index is 0.0441. The van der Waals surface area contributed by atoms with Crippen LogP contribution in [0, 0.1) is 23.1 Å². The molecule has 1 saturated carbocycles. The molecule has 7 nitrogen and oxygen atoms in total. The summed E-state index contributed by atoms with van der Waals surface area (Å²) in [6, 6.07) is 7.62. The average Bonchev–Trinajstić information content (AvgIpc) is 3.29. The zero-order valence-electron chi connectivity index (χ0n) is 19.8. The van der Waals surface area contributed by atoms with E-state index < -0.39 is 11.9 Å². The van der Waals surface area contributed by atoms with Gasteiger partial charge in [-0.25, -0.2) is 13.8 Å². The van der Waals surface area contributed by atoms with Gasteiger partial charge in [0, 0.05) is 36.0 Å². The van der Waals surface area contributed by atoms with Gasteiger partial charge in [0.15, 0.2) is 11.6 Å². The van der Waals surface area contributed by atoms with E-state index in [2.05, 4.69) is 25.9 Å². The number of hydrogen-bond donors (Lipinski definition) is 3. The fourth-order valence-electron chi connectivity index (χ4n) is 5.16. The maximum absolute atomic E-state index is 15.0. The summed E-state index contributed by atoms with van der Waals surface area (Å²) < 4.78 is 29.5. The van der Waals surface area contributed by atoms with Crippen LogP contribution in [0.15, 0.2) is 60.2 Å². The van der Waals surface area contributed by atoms with Crippen molar-refractivity contribution in [2.75, 3.05) is 5.32 Å². The number of anilines is 1. The molecule has 0 aromatic carbocycles. The van der Waals surface area contributed by atoms with Gasteiger partial charge in [0.2, 0.25) is 0 Å². The van der Waals surface area contributed by atoms with Crippen LogP contribution in [-0.2, 0) is 0 Å². The first-order chi connectivity index (χ1) is 17.4. The van der Waals surface area contributed by atoms with E-state index in [-0.39, 0.29) is 41.1 Å². The number of halogens is 2. The molecule has 0 bridgehead atoms. The lowest BCUT2D eigenvalue weighted by Crippen LogP contribution is -2.42. The Morgan fingerprint density at radius 1 is 1.25 bits per heavy atom. The quantitative estimate of drug-likeness (QED) is 0.577. The third kappa shape index (κ3) is 4.71. The van der Waals surface area contributed by atoms with Crippen molar-refractivity contribution in [3.63, 3.8) is 0 Å². The van der Waals surface area contributed by atoms with Gasteiger partial charge in [-0.3, -0.25) is 9.78 Å². The number of aromatic nitrogens is 2. The largest absolute Gasteiger partial charge is 0.381 e.